The summed E-state index contributed by atoms with van der Waals surface area (Å²) in [6.07, 6.45) is 3.75. The van der Waals surface area contributed by atoms with Gasteiger partial charge in [-0.05, 0) is 66.2 Å². The Morgan fingerprint density at radius 3 is 0.963 bits per heavy atom. The number of hydrogen-bond acceptors (Lipinski definition) is 5. The minimum atomic E-state index is -0.653. The summed E-state index contributed by atoms with van der Waals surface area (Å²) in [5, 5.41) is 0. The second-order valence-electron chi connectivity index (χ2n) is 11.9. The summed E-state index contributed by atoms with van der Waals surface area (Å²) in [6, 6.07) is 0. The lowest BCUT2D eigenvalue weighted by Crippen LogP contribution is -2.53. The van der Waals surface area contributed by atoms with Crippen LogP contribution in [0.2, 0.25) is 0 Å². The molecule has 2 atom stereocenters. The average Bonchev–Trinajstić information content (AvgIpc) is 2.39. The van der Waals surface area contributed by atoms with Crippen LogP contribution in [0.3, 0.4) is 0 Å². The molecule has 0 bridgehead atoms. The molecule has 0 spiro atoms. The minimum absolute atomic E-state index is 0.171. The van der Waals surface area contributed by atoms with Crippen LogP contribution in [-0.4, -0.2) is 34.7 Å². The van der Waals surface area contributed by atoms with Gasteiger partial charge in [0, 0.05) is 12.4 Å². The summed E-state index contributed by atoms with van der Waals surface area (Å²) < 4.78 is 0. The molecule has 0 aromatic rings. The molecule has 0 saturated heterocycles. The standard InChI is InChI=1S/C22H45N3O2/c1-17(2,3)21(13,15-23-19(7,8)9)26-25-27-22(14,18(4,5)6)16-24-20(10,11)12/h15-16,25H,1-14H3/b23-15+,24-16+. The van der Waals surface area contributed by atoms with Crippen LogP contribution in [0.1, 0.15) is 96.9 Å². The van der Waals surface area contributed by atoms with Gasteiger partial charge in [0.05, 0.1) is 11.1 Å². The molecule has 0 amide bonds. The molecule has 5 nitrogen and oxygen atoms in total. The summed E-state index contributed by atoms with van der Waals surface area (Å²) in [4.78, 5) is 21.4. The number of hydrogen-bond donors (Lipinski definition) is 1. The van der Waals surface area contributed by atoms with E-state index in [2.05, 4.69) is 98.7 Å². The molecule has 1 N–H and O–H groups in total. The highest BCUT2D eigenvalue weighted by Crippen LogP contribution is 2.34. The SMILES string of the molecule is CC(C)(C)/N=C/C(C)(ONOC(C)(/C=N/C(C)(C)C)C(C)(C)C)C(C)(C)C. The fraction of sp³-hybridized carbons (Fsp3) is 0.909. The Kier molecular flexibility index (Phi) is 8.06. The van der Waals surface area contributed by atoms with Crippen molar-refractivity contribution >= 4 is 12.4 Å². The molecule has 0 radical (unpaired) electrons. The lowest BCUT2D eigenvalue weighted by Gasteiger charge is -2.42. The molecule has 0 aromatic carbocycles. The quantitative estimate of drug-likeness (QED) is 0.467. The Labute approximate surface area is 168 Å². The van der Waals surface area contributed by atoms with Crippen molar-refractivity contribution in [2.24, 2.45) is 20.8 Å². The highest BCUT2D eigenvalue weighted by molar-refractivity contribution is 5.70. The third kappa shape index (κ3) is 8.84. The van der Waals surface area contributed by atoms with Gasteiger partial charge in [-0.1, -0.05) is 47.2 Å². The smallest absolute Gasteiger partial charge is 0.129 e. The van der Waals surface area contributed by atoms with E-state index in [-0.39, 0.29) is 21.9 Å². The van der Waals surface area contributed by atoms with E-state index in [0.717, 1.165) is 0 Å². The Balaban J connectivity index is 5.48. The van der Waals surface area contributed by atoms with Crippen LogP contribution in [0.25, 0.3) is 0 Å². The zero-order valence-electron chi connectivity index (χ0n) is 20.4. The number of rotatable bonds is 6. The van der Waals surface area contributed by atoms with E-state index in [4.69, 9.17) is 9.68 Å². The van der Waals surface area contributed by atoms with Gasteiger partial charge in [-0.25, -0.2) is 0 Å². The second kappa shape index (κ2) is 8.30. The Hall–Kier alpha value is -0.780. The van der Waals surface area contributed by atoms with Crippen molar-refractivity contribution in [2.75, 3.05) is 0 Å². The summed E-state index contributed by atoms with van der Waals surface area (Å²) >= 11 is 0. The molecule has 2 unspecified atom stereocenters. The van der Waals surface area contributed by atoms with E-state index in [1.807, 2.05) is 26.3 Å². The summed E-state index contributed by atoms with van der Waals surface area (Å²) in [6.45, 7) is 29.1. The van der Waals surface area contributed by atoms with E-state index >= 15 is 0 Å². The van der Waals surface area contributed by atoms with Crippen LogP contribution in [0.5, 0.6) is 0 Å². The summed E-state index contributed by atoms with van der Waals surface area (Å²) in [7, 11) is 0. The van der Waals surface area contributed by atoms with Crippen molar-refractivity contribution in [3.05, 3.63) is 0 Å². The maximum atomic E-state index is 6.03. The van der Waals surface area contributed by atoms with Gasteiger partial charge in [-0.2, -0.15) is 0 Å². The first-order valence-electron chi connectivity index (χ1n) is 9.86. The van der Waals surface area contributed by atoms with Crippen molar-refractivity contribution in [3.8, 4) is 0 Å². The first kappa shape index (κ1) is 26.2. The van der Waals surface area contributed by atoms with Crippen molar-refractivity contribution < 1.29 is 9.68 Å². The second-order valence-corrected chi connectivity index (χ2v) is 11.9. The molecular formula is C22H45N3O2. The minimum Gasteiger partial charge on any atom is -0.289 e. The van der Waals surface area contributed by atoms with E-state index in [0.29, 0.717) is 0 Å². The van der Waals surface area contributed by atoms with Crippen molar-refractivity contribution in [3.63, 3.8) is 0 Å². The zero-order valence-corrected chi connectivity index (χ0v) is 20.4. The highest BCUT2D eigenvalue weighted by Gasteiger charge is 2.42. The summed E-state index contributed by atoms with van der Waals surface area (Å²) in [5.74, 6) is 0. The van der Waals surface area contributed by atoms with E-state index in [9.17, 15) is 0 Å². The van der Waals surface area contributed by atoms with Crippen LogP contribution in [-0.2, 0) is 9.68 Å². The fourth-order valence-corrected chi connectivity index (χ4v) is 1.57. The molecule has 0 saturated carbocycles. The lowest BCUT2D eigenvalue weighted by molar-refractivity contribution is -0.275. The molecule has 160 valence electrons. The van der Waals surface area contributed by atoms with Crippen molar-refractivity contribution in [1.29, 1.82) is 0 Å². The van der Waals surface area contributed by atoms with Crippen LogP contribution in [0.15, 0.2) is 9.98 Å². The third-order valence-electron chi connectivity index (χ3n) is 4.88. The molecule has 0 aliphatic carbocycles. The number of nitrogens with zero attached hydrogens (tertiary/aromatic N) is 2. The molecule has 0 rings (SSSR count). The van der Waals surface area contributed by atoms with Gasteiger partial charge in [0.2, 0.25) is 0 Å². The predicted molar refractivity (Wildman–Crippen MR) is 118 cm³/mol. The number of nitrogens with one attached hydrogen (secondary N) is 1. The van der Waals surface area contributed by atoms with Gasteiger partial charge in [0.15, 0.2) is 0 Å². The van der Waals surface area contributed by atoms with Gasteiger partial charge >= 0.3 is 0 Å². The number of aliphatic imine (C=N–C) groups is 2. The van der Waals surface area contributed by atoms with E-state index in [1.54, 1.807) is 0 Å². The molecular weight excluding hydrogens is 338 g/mol. The predicted octanol–water partition coefficient (Wildman–Crippen LogP) is 5.79. The van der Waals surface area contributed by atoms with Crippen LogP contribution >= 0.6 is 0 Å². The van der Waals surface area contributed by atoms with Crippen LogP contribution in [0, 0.1) is 10.8 Å². The molecule has 0 heterocycles. The molecule has 0 aliphatic rings. The van der Waals surface area contributed by atoms with Crippen molar-refractivity contribution in [2.45, 2.75) is 119 Å². The highest BCUT2D eigenvalue weighted by atomic mass is 16.9. The third-order valence-corrected chi connectivity index (χ3v) is 4.88. The van der Waals surface area contributed by atoms with Crippen LogP contribution < -0.4 is 5.64 Å². The molecule has 0 aliphatic heterocycles. The average molecular weight is 384 g/mol. The zero-order chi connectivity index (χ0) is 21.9. The largest absolute Gasteiger partial charge is 0.289 e. The normalized spacial score (nSPS) is 19.5. The Morgan fingerprint density at radius 2 is 0.778 bits per heavy atom. The Bertz CT molecular complexity index is 480. The maximum absolute atomic E-state index is 6.03. The first-order valence-corrected chi connectivity index (χ1v) is 9.86. The van der Waals surface area contributed by atoms with Gasteiger partial charge in [-0.15, -0.1) is 0 Å². The van der Waals surface area contributed by atoms with Crippen LogP contribution in [0.4, 0.5) is 0 Å². The monoisotopic (exact) mass is 383 g/mol. The lowest BCUT2D eigenvalue weighted by atomic mass is 9.78. The van der Waals surface area contributed by atoms with E-state index < -0.39 is 11.2 Å². The van der Waals surface area contributed by atoms with Gasteiger partial charge in [0.25, 0.3) is 0 Å². The van der Waals surface area contributed by atoms with Gasteiger partial charge in [-0.3, -0.25) is 19.7 Å². The van der Waals surface area contributed by atoms with Gasteiger partial charge in [0.1, 0.15) is 11.2 Å². The van der Waals surface area contributed by atoms with Crippen molar-refractivity contribution in [1.82, 2.24) is 5.64 Å². The van der Waals surface area contributed by atoms with Gasteiger partial charge < -0.3 is 0 Å². The van der Waals surface area contributed by atoms with E-state index in [1.165, 1.54) is 0 Å². The fourth-order valence-electron chi connectivity index (χ4n) is 1.57. The maximum Gasteiger partial charge on any atom is 0.129 e. The summed E-state index contributed by atoms with van der Waals surface area (Å²) in [5.41, 5.74) is 0.754. The molecule has 5 heteroatoms. The first-order chi connectivity index (χ1) is 11.6. The Morgan fingerprint density at radius 1 is 0.519 bits per heavy atom. The molecule has 27 heavy (non-hydrogen) atoms. The molecule has 0 fully saturated rings. The topological polar surface area (TPSA) is 55.2 Å². The molecule has 0 aromatic heterocycles.